The van der Waals surface area contributed by atoms with E-state index in [0.29, 0.717) is 0 Å². The number of azo groups is 1. The zero-order chi connectivity index (χ0) is 38.9. The lowest BCUT2D eigenvalue weighted by atomic mass is 10.1. The van der Waals surface area contributed by atoms with Crippen LogP contribution >= 0.6 is 11.6 Å². The van der Waals surface area contributed by atoms with E-state index >= 15 is 0 Å². The fraction of sp³-hybridized carbons (Fsp3) is 0.0741. The van der Waals surface area contributed by atoms with E-state index < -0.39 is 74.1 Å². The summed E-state index contributed by atoms with van der Waals surface area (Å²) >= 11 is 6.04. The molecule has 0 saturated carbocycles. The molecule has 0 aliphatic carbocycles. The highest BCUT2D eigenvalue weighted by Gasteiger charge is 2.20. The number of nitrogen functional groups attached to an aromatic ring is 1. The Morgan fingerprint density at radius 1 is 0.717 bits per heavy atom. The number of phenols is 1. The molecule has 0 atom stereocenters. The van der Waals surface area contributed by atoms with Crippen LogP contribution in [-0.2, 0) is 44.7 Å². The molecule has 0 amide bonds. The van der Waals surface area contributed by atoms with Crippen molar-refractivity contribution >= 4 is 103 Å². The fourth-order valence-electron chi connectivity index (χ4n) is 4.47. The van der Waals surface area contributed by atoms with E-state index in [2.05, 4.69) is 40.0 Å². The van der Waals surface area contributed by atoms with Gasteiger partial charge in [0.15, 0.2) is 9.84 Å². The summed E-state index contributed by atoms with van der Waals surface area (Å²) < 4.78 is 127. The number of nitrogens with zero attached hydrogens (tertiary/aromatic N) is 5. The second-order valence-corrected chi connectivity index (χ2v) is 16.8. The predicted molar refractivity (Wildman–Crippen MR) is 188 cm³/mol. The Hall–Kier alpha value is -5.12. The molecule has 8 N–H and O–H groups in total. The molecule has 53 heavy (non-hydrogen) atoms. The molecule has 0 spiro atoms. The van der Waals surface area contributed by atoms with Gasteiger partial charge in [-0.1, -0.05) is 0 Å². The van der Waals surface area contributed by atoms with Crippen molar-refractivity contribution in [2.45, 2.75) is 14.7 Å². The maximum absolute atomic E-state index is 12.4. The number of hydrogen-bond donors (Lipinski definition) is 7. The summed E-state index contributed by atoms with van der Waals surface area (Å²) in [5.74, 6) is -1.66. The molecule has 5 aromatic rings. The van der Waals surface area contributed by atoms with Crippen molar-refractivity contribution in [2.24, 2.45) is 10.2 Å². The smallest absolute Gasteiger partial charge is 0.397 e. The van der Waals surface area contributed by atoms with E-state index in [1.165, 1.54) is 42.5 Å². The van der Waals surface area contributed by atoms with Gasteiger partial charge in [-0.3, -0.25) is 13.7 Å². The Kier molecular flexibility index (Phi) is 10.9. The van der Waals surface area contributed by atoms with E-state index in [-0.39, 0.29) is 55.6 Å². The number of hydrogen-bond acceptors (Lipinski definition) is 18. The highest BCUT2D eigenvalue weighted by molar-refractivity contribution is 7.91. The Morgan fingerprint density at radius 3 is 1.94 bits per heavy atom. The number of benzene rings is 4. The zero-order valence-electron chi connectivity index (χ0n) is 26.1. The third-order valence-electron chi connectivity index (χ3n) is 6.80. The molecule has 4 aromatic carbocycles. The molecule has 26 heteroatoms. The quantitative estimate of drug-likeness (QED) is 0.0501. The molecule has 0 radical (unpaired) electrons. The van der Waals surface area contributed by atoms with Crippen molar-refractivity contribution < 1.29 is 56.6 Å². The lowest BCUT2D eigenvalue weighted by Crippen LogP contribution is -2.15. The minimum absolute atomic E-state index is 0.00952. The van der Waals surface area contributed by atoms with Crippen LogP contribution in [0.1, 0.15) is 0 Å². The topological polar surface area (TPSA) is 340 Å². The number of anilines is 5. The summed E-state index contributed by atoms with van der Waals surface area (Å²) in [6.45, 7) is -0.812. The molecule has 5 rings (SSSR count). The highest BCUT2D eigenvalue weighted by atomic mass is 35.5. The number of aromatic hydroxyl groups is 1. The molecular formula is C27H23ClN8O13S4. The van der Waals surface area contributed by atoms with Gasteiger partial charge in [0, 0.05) is 28.2 Å². The first-order valence-corrected chi connectivity index (χ1v) is 20.3. The van der Waals surface area contributed by atoms with Crippen LogP contribution in [-0.4, -0.2) is 79.7 Å². The first-order valence-electron chi connectivity index (χ1n) is 14.1. The fourth-order valence-corrected chi connectivity index (χ4v) is 7.29. The molecular weight excluding hydrogens is 808 g/mol. The van der Waals surface area contributed by atoms with Crippen LogP contribution in [0.25, 0.3) is 10.8 Å². The van der Waals surface area contributed by atoms with Crippen LogP contribution in [0.3, 0.4) is 0 Å². The average molecular weight is 831 g/mol. The predicted octanol–water partition coefficient (Wildman–Crippen LogP) is 3.96. The minimum atomic E-state index is -4.98. The van der Waals surface area contributed by atoms with Crippen molar-refractivity contribution in [1.29, 1.82) is 0 Å². The van der Waals surface area contributed by atoms with Gasteiger partial charge in [-0.15, -0.1) is 10.2 Å². The normalized spacial score (nSPS) is 12.7. The van der Waals surface area contributed by atoms with Gasteiger partial charge in [-0.25, -0.2) is 12.6 Å². The van der Waals surface area contributed by atoms with Crippen LogP contribution in [0.15, 0.2) is 91.6 Å². The molecule has 0 saturated heterocycles. The molecule has 0 fully saturated rings. The monoisotopic (exact) mass is 830 g/mol. The summed E-state index contributed by atoms with van der Waals surface area (Å²) in [5.41, 5.74) is 5.59. The molecule has 21 nitrogen and oxygen atoms in total. The first kappa shape index (κ1) is 39.1. The molecule has 1 heterocycles. The number of nitrogens with one attached hydrogen (secondary N) is 2. The van der Waals surface area contributed by atoms with Crippen molar-refractivity contribution in [3.63, 3.8) is 0 Å². The van der Waals surface area contributed by atoms with Gasteiger partial charge in [0.25, 0.3) is 20.2 Å². The SMILES string of the molecule is Nc1ccc2c(O)cc(S(=O)(=O)O)cc2c1N=Nc1ccc(Nc2nc(Cl)nc(Nc3ccc(S(=O)(=O)CCOS(=O)(=O)O)cc3)n2)cc1S(=O)(=O)O. The summed E-state index contributed by atoms with van der Waals surface area (Å²) in [6, 6.07) is 12.9. The first-order chi connectivity index (χ1) is 24.6. The Labute approximate surface area is 304 Å². The van der Waals surface area contributed by atoms with Crippen LogP contribution in [0, 0.1) is 0 Å². The summed E-state index contributed by atoms with van der Waals surface area (Å²) in [4.78, 5) is 10.3. The van der Waals surface area contributed by atoms with Crippen LogP contribution in [0.5, 0.6) is 5.75 Å². The lowest BCUT2D eigenvalue weighted by Gasteiger charge is -2.11. The number of sulfone groups is 1. The molecule has 0 aliphatic rings. The van der Waals surface area contributed by atoms with Crippen LogP contribution in [0.4, 0.5) is 40.3 Å². The Morgan fingerprint density at radius 2 is 1.34 bits per heavy atom. The molecule has 0 unspecified atom stereocenters. The molecule has 280 valence electrons. The number of halogens is 1. The minimum Gasteiger partial charge on any atom is -0.507 e. The molecule has 0 bridgehead atoms. The van der Waals surface area contributed by atoms with E-state index in [1.54, 1.807) is 0 Å². The number of phenolic OH excluding ortho intramolecular Hbond substituents is 1. The van der Waals surface area contributed by atoms with Crippen molar-refractivity contribution in [3.8, 4) is 5.75 Å². The maximum Gasteiger partial charge on any atom is 0.397 e. The van der Waals surface area contributed by atoms with Gasteiger partial charge in [-0.05, 0) is 72.3 Å². The Balaban J connectivity index is 1.39. The standard InChI is InChI=1S/C27H23ClN8O13S4/c28-25-32-26(30-14-1-4-16(5-2-14)50(38,39)10-9-49-53(46,47)48)34-27(33-25)31-15-3-8-21(23(11-15)52(43,44)45)35-36-24-19-12-17(51(40,41)42)13-22(37)18(19)6-7-20(24)29/h1-8,11-13,37H,9-10,29H2,(H,40,41,42)(H,43,44,45)(H,46,47,48)(H2,30,31,32,33,34). The largest absolute Gasteiger partial charge is 0.507 e. The van der Waals surface area contributed by atoms with Gasteiger partial charge >= 0.3 is 10.4 Å². The average Bonchev–Trinajstić information content (AvgIpc) is 3.03. The van der Waals surface area contributed by atoms with Gasteiger partial charge in [0.2, 0.25) is 17.2 Å². The number of fused-ring (bicyclic) bond motifs is 1. The lowest BCUT2D eigenvalue weighted by molar-refractivity contribution is 0.284. The third-order valence-corrected chi connectivity index (χ3v) is 10.8. The van der Waals surface area contributed by atoms with Crippen molar-refractivity contribution in [2.75, 3.05) is 28.7 Å². The molecule has 0 aliphatic heterocycles. The summed E-state index contributed by atoms with van der Waals surface area (Å²) in [7, 11) is -18.6. The van der Waals surface area contributed by atoms with E-state index in [4.69, 9.17) is 21.9 Å². The number of aromatic nitrogens is 3. The number of nitrogens with two attached hydrogens (primary N) is 1. The second-order valence-electron chi connectivity index (χ2n) is 10.5. The molecule has 1 aromatic heterocycles. The zero-order valence-corrected chi connectivity index (χ0v) is 30.1. The van der Waals surface area contributed by atoms with E-state index in [9.17, 15) is 47.9 Å². The van der Waals surface area contributed by atoms with Crippen molar-refractivity contribution in [3.05, 3.63) is 72.0 Å². The second kappa shape index (κ2) is 14.7. The van der Waals surface area contributed by atoms with Gasteiger partial charge < -0.3 is 21.5 Å². The van der Waals surface area contributed by atoms with Gasteiger partial charge in [0.05, 0.1) is 27.8 Å². The van der Waals surface area contributed by atoms with Crippen LogP contribution in [0.2, 0.25) is 5.28 Å². The maximum atomic E-state index is 12.4. The van der Waals surface area contributed by atoms with Gasteiger partial charge in [0.1, 0.15) is 22.0 Å². The van der Waals surface area contributed by atoms with E-state index in [0.717, 1.165) is 24.3 Å². The summed E-state index contributed by atoms with van der Waals surface area (Å²) in [5, 5.41) is 23.3. The Bertz CT molecular complexity index is 2740. The number of rotatable bonds is 13. The van der Waals surface area contributed by atoms with Crippen molar-refractivity contribution in [1.82, 2.24) is 15.0 Å². The highest BCUT2D eigenvalue weighted by Crippen LogP contribution is 2.40. The third kappa shape index (κ3) is 9.86. The van der Waals surface area contributed by atoms with Gasteiger partial charge in [-0.2, -0.15) is 40.2 Å². The summed E-state index contributed by atoms with van der Waals surface area (Å²) in [6.07, 6.45) is 0. The van der Waals surface area contributed by atoms with E-state index in [1.807, 2.05) is 0 Å². The van der Waals surface area contributed by atoms with Crippen LogP contribution < -0.4 is 16.4 Å².